The van der Waals surface area contributed by atoms with Gasteiger partial charge < -0.3 is 5.32 Å². The van der Waals surface area contributed by atoms with Crippen LogP contribution in [0.3, 0.4) is 0 Å². The van der Waals surface area contributed by atoms with Crippen LogP contribution in [0.15, 0.2) is 24.3 Å². The Bertz CT molecular complexity index is 416. The van der Waals surface area contributed by atoms with Crippen molar-refractivity contribution in [2.75, 3.05) is 25.4 Å². The first-order valence-electron chi connectivity index (χ1n) is 8.20. The molecule has 1 aliphatic heterocycles. The average molecular weight is 307 g/mol. The molecule has 1 aromatic rings. The van der Waals surface area contributed by atoms with Crippen LogP contribution in [0.1, 0.15) is 44.7 Å². The molecule has 0 aliphatic carbocycles. The Morgan fingerprint density at radius 3 is 2.57 bits per heavy atom. The van der Waals surface area contributed by atoms with E-state index in [9.17, 15) is 0 Å². The van der Waals surface area contributed by atoms with Gasteiger partial charge in [0, 0.05) is 43.2 Å². The monoisotopic (exact) mass is 306 g/mol. The lowest BCUT2D eigenvalue weighted by molar-refractivity contribution is 0.278. The first-order valence-corrected chi connectivity index (χ1v) is 9.25. The summed E-state index contributed by atoms with van der Waals surface area (Å²) >= 11 is 2.10. The van der Waals surface area contributed by atoms with Crippen LogP contribution in [0.4, 0.5) is 0 Å². The van der Waals surface area contributed by atoms with Crippen molar-refractivity contribution >= 4 is 11.8 Å². The van der Waals surface area contributed by atoms with Crippen molar-refractivity contribution in [3.8, 4) is 0 Å². The van der Waals surface area contributed by atoms with Crippen molar-refractivity contribution in [2.45, 2.75) is 51.4 Å². The largest absolute Gasteiger partial charge is 0.314 e. The number of nitrogens with one attached hydrogen (secondary N) is 1. The average Bonchev–Trinajstić information content (AvgIpc) is 2.45. The van der Waals surface area contributed by atoms with E-state index in [2.05, 4.69) is 73.9 Å². The summed E-state index contributed by atoms with van der Waals surface area (Å²) in [4.78, 5) is 2.58. The first kappa shape index (κ1) is 16.9. The van der Waals surface area contributed by atoms with Gasteiger partial charge in [0.1, 0.15) is 0 Å². The second-order valence-electron chi connectivity index (χ2n) is 6.62. The fraction of sp³-hybridized carbons (Fsp3) is 0.667. The van der Waals surface area contributed by atoms with Crippen molar-refractivity contribution in [3.63, 3.8) is 0 Å². The van der Waals surface area contributed by atoms with E-state index in [1.54, 1.807) is 0 Å². The van der Waals surface area contributed by atoms with E-state index in [4.69, 9.17) is 0 Å². The van der Waals surface area contributed by atoms with Crippen LogP contribution in [-0.4, -0.2) is 41.6 Å². The lowest BCUT2D eigenvalue weighted by Gasteiger charge is -2.30. The van der Waals surface area contributed by atoms with Crippen LogP contribution in [0.2, 0.25) is 0 Å². The van der Waals surface area contributed by atoms with E-state index >= 15 is 0 Å². The fourth-order valence-electron chi connectivity index (χ4n) is 2.77. The van der Waals surface area contributed by atoms with Gasteiger partial charge in [0.05, 0.1) is 0 Å². The molecule has 0 radical (unpaired) electrons. The second kappa shape index (κ2) is 8.21. The molecule has 0 spiro atoms. The molecule has 1 aromatic carbocycles. The van der Waals surface area contributed by atoms with Gasteiger partial charge in [-0.2, -0.15) is 11.8 Å². The van der Waals surface area contributed by atoms with Crippen LogP contribution in [0, 0.1) is 0 Å². The number of nitrogens with zero attached hydrogens (tertiary/aromatic N) is 1. The molecule has 1 N–H and O–H groups in total. The summed E-state index contributed by atoms with van der Waals surface area (Å²) in [6.45, 7) is 13.6. The van der Waals surface area contributed by atoms with Gasteiger partial charge in [-0.05, 0) is 17.0 Å². The number of rotatable bonds is 6. The Kier molecular flexibility index (Phi) is 6.59. The van der Waals surface area contributed by atoms with Crippen LogP contribution in [0.25, 0.3) is 0 Å². The minimum Gasteiger partial charge on any atom is -0.314 e. The summed E-state index contributed by atoms with van der Waals surface area (Å²) in [7, 11) is 0. The molecule has 1 aliphatic rings. The maximum atomic E-state index is 3.52. The number of hydrogen-bond acceptors (Lipinski definition) is 3. The van der Waals surface area contributed by atoms with E-state index in [1.807, 2.05) is 0 Å². The summed E-state index contributed by atoms with van der Waals surface area (Å²) in [6, 6.07) is 9.81. The van der Waals surface area contributed by atoms with Crippen LogP contribution < -0.4 is 5.32 Å². The number of benzene rings is 1. The minimum atomic E-state index is 0.561. The zero-order valence-electron chi connectivity index (χ0n) is 13.9. The second-order valence-corrected chi connectivity index (χ2v) is 8.17. The lowest BCUT2D eigenvalue weighted by Crippen LogP contribution is -2.36. The molecule has 0 amide bonds. The van der Waals surface area contributed by atoms with Crippen molar-refractivity contribution < 1.29 is 0 Å². The molecule has 2 unspecified atom stereocenters. The molecule has 1 saturated heterocycles. The zero-order chi connectivity index (χ0) is 15.2. The Morgan fingerprint density at radius 2 is 1.95 bits per heavy atom. The molecule has 0 bridgehead atoms. The molecule has 3 heteroatoms. The predicted molar refractivity (Wildman–Crippen MR) is 95.2 cm³/mol. The van der Waals surface area contributed by atoms with E-state index in [0.717, 1.165) is 18.3 Å². The van der Waals surface area contributed by atoms with Gasteiger partial charge >= 0.3 is 0 Å². The van der Waals surface area contributed by atoms with Gasteiger partial charge in [0.15, 0.2) is 0 Å². The summed E-state index contributed by atoms with van der Waals surface area (Å²) < 4.78 is 0. The normalized spacial score (nSPS) is 21.7. The van der Waals surface area contributed by atoms with Gasteiger partial charge in [-0.1, -0.05) is 52.0 Å². The van der Waals surface area contributed by atoms with Crippen LogP contribution >= 0.6 is 11.8 Å². The molecule has 0 saturated carbocycles. The molecule has 118 valence electrons. The Labute approximate surface area is 134 Å². The smallest absolute Gasteiger partial charge is 0.0234 e. The van der Waals surface area contributed by atoms with Gasteiger partial charge in [-0.25, -0.2) is 0 Å². The maximum absolute atomic E-state index is 3.52. The lowest BCUT2D eigenvalue weighted by atomic mass is 9.99. The van der Waals surface area contributed by atoms with Crippen molar-refractivity contribution in [2.24, 2.45) is 0 Å². The fourth-order valence-corrected chi connectivity index (χ4v) is 3.86. The number of hydrogen-bond donors (Lipinski definition) is 1. The molecule has 2 rings (SSSR count). The molecular weight excluding hydrogens is 276 g/mol. The third-order valence-electron chi connectivity index (χ3n) is 4.11. The Hall–Kier alpha value is -0.510. The quantitative estimate of drug-likeness (QED) is 0.862. The Morgan fingerprint density at radius 1 is 1.24 bits per heavy atom. The maximum Gasteiger partial charge on any atom is 0.0234 e. The van der Waals surface area contributed by atoms with E-state index in [-0.39, 0.29) is 0 Å². The van der Waals surface area contributed by atoms with Crippen LogP contribution in [-0.2, 0) is 6.54 Å². The highest BCUT2D eigenvalue weighted by Gasteiger charge is 2.16. The van der Waals surface area contributed by atoms with Gasteiger partial charge in [-0.3, -0.25) is 4.90 Å². The molecule has 2 nitrogen and oxygen atoms in total. The van der Waals surface area contributed by atoms with Gasteiger partial charge in [0.2, 0.25) is 0 Å². The van der Waals surface area contributed by atoms with Gasteiger partial charge in [0.25, 0.3) is 0 Å². The molecule has 1 fully saturated rings. The third kappa shape index (κ3) is 5.65. The highest BCUT2D eigenvalue weighted by atomic mass is 32.2. The predicted octanol–water partition coefficient (Wildman–Crippen LogP) is 3.73. The van der Waals surface area contributed by atoms with Crippen LogP contribution in [0.5, 0.6) is 0 Å². The van der Waals surface area contributed by atoms with Crippen molar-refractivity contribution in [1.29, 1.82) is 0 Å². The third-order valence-corrected chi connectivity index (χ3v) is 5.25. The van der Waals surface area contributed by atoms with E-state index < -0.39 is 0 Å². The highest BCUT2D eigenvalue weighted by molar-refractivity contribution is 7.99. The summed E-state index contributed by atoms with van der Waals surface area (Å²) in [6.07, 6.45) is 0. The Balaban J connectivity index is 1.86. The molecule has 1 heterocycles. The minimum absolute atomic E-state index is 0.561. The molecule has 21 heavy (non-hydrogen) atoms. The zero-order valence-corrected chi connectivity index (χ0v) is 14.7. The molecular formula is C18H30N2S. The SMILES string of the molecule is CC(C)NCC(C)c1ccc(CN2CCSC(C)C2)cc1. The van der Waals surface area contributed by atoms with Crippen molar-refractivity contribution in [3.05, 3.63) is 35.4 Å². The molecule has 2 atom stereocenters. The molecule has 0 aromatic heterocycles. The standard InChI is InChI=1S/C18H30N2S/c1-14(2)19-11-15(3)18-7-5-17(6-8-18)13-20-9-10-21-16(4)12-20/h5-8,14-16,19H,9-13H2,1-4H3. The summed E-state index contributed by atoms with van der Waals surface area (Å²) in [5, 5.41) is 4.30. The van der Waals surface area contributed by atoms with E-state index in [0.29, 0.717) is 12.0 Å². The van der Waals surface area contributed by atoms with E-state index in [1.165, 1.54) is 30.0 Å². The van der Waals surface area contributed by atoms with Crippen molar-refractivity contribution in [1.82, 2.24) is 10.2 Å². The highest BCUT2D eigenvalue weighted by Crippen LogP contribution is 2.21. The van der Waals surface area contributed by atoms with Gasteiger partial charge in [-0.15, -0.1) is 0 Å². The first-order chi connectivity index (χ1) is 10.0. The summed E-state index contributed by atoms with van der Waals surface area (Å²) in [5.41, 5.74) is 2.89. The number of thioether (sulfide) groups is 1. The topological polar surface area (TPSA) is 15.3 Å². The summed E-state index contributed by atoms with van der Waals surface area (Å²) in [5.74, 6) is 1.85.